The monoisotopic (exact) mass is 483 g/mol. The van der Waals surface area contributed by atoms with Crippen molar-refractivity contribution in [2.75, 3.05) is 6.54 Å². The topological polar surface area (TPSA) is 74.0 Å². The fourth-order valence-corrected chi connectivity index (χ4v) is 3.13. The Morgan fingerprint density at radius 2 is 2.10 bits per heavy atom. The lowest BCUT2D eigenvalue weighted by molar-refractivity contribution is 0.0945. The summed E-state index contributed by atoms with van der Waals surface area (Å²) in [7, 11) is 0. The molecule has 0 radical (unpaired) electrons. The number of carbonyl (C=O) groups excluding carboxylic acids is 1. The maximum Gasteiger partial charge on any atom is 0.271 e. The molecule has 3 rings (SSSR count). The van der Waals surface area contributed by atoms with E-state index in [1.807, 2.05) is 18.5 Å². The van der Waals surface area contributed by atoms with Gasteiger partial charge < -0.3 is 10.1 Å². The first-order valence-electron chi connectivity index (χ1n) is 8.94. The van der Waals surface area contributed by atoms with E-state index >= 15 is 0 Å². The lowest BCUT2D eigenvalue weighted by atomic mass is 10.3. The van der Waals surface area contributed by atoms with E-state index in [2.05, 4.69) is 31.4 Å². The van der Waals surface area contributed by atoms with E-state index in [9.17, 15) is 9.18 Å². The molecule has 1 N–H and O–H groups in total. The van der Waals surface area contributed by atoms with Gasteiger partial charge in [0, 0.05) is 31.0 Å². The fourth-order valence-electron chi connectivity index (χ4n) is 2.68. The molecule has 0 saturated heterocycles. The van der Waals surface area contributed by atoms with E-state index in [0.29, 0.717) is 24.5 Å². The minimum absolute atomic E-state index is 0.0177. The van der Waals surface area contributed by atoms with Gasteiger partial charge in [0.25, 0.3) is 5.91 Å². The average Bonchev–Trinajstić information content (AvgIpc) is 3.27. The van der Waals surface area contributed by atoms with Crippen LogP contribution in [-0.4, -0.2) is 32.0 Å². The Bertz CT molecular complexity index is 1020. The van der Waals surface area contributed by atoms with Crippen LogP contribution in [0.4, 0.5) is 4.39 Å². The van der Waals surface area contributed by atoms with Gasteiger partial charge in [-0.25, -0.2) is 9.07 Å². The van der Waals surface area contributed by atoms with Crippen LogP contribution in [0.15, 0.2) is 34.9 Å². The Labute approximate surface area is 180 Å². The Hall–Kier alpha value is -2.39. The summed E-state index contributed by atoms with van der Waals surface area (Å²) in [5.41, 5.74) is 2.30. The maximum atomic E-state index is 13.2. The summed E-state index contributed by atoms with van der Waals surface area (Å²) in [4.78, 5) is 12.2. The van der Waals surface area contributed by atoms with Crippen molar-refractivity contribution >= 4 is 33.4 Å². The number of nitrogens with zero attached hydrogens (tertiary/aromatic N) is 4. The van der Waals surface area contributed by atoms with Gasteiger partial charge in [-0.1, -0.05) is 11.6 Å². The molecular formula is C19H20BrClFN5O2. The molecule has 1 aromatic carbocycles. The minimum atomic E-state index is -0.512. The van der Waals surface area contributed by atoms with Crippen LogP contribution in [0.25, 0.3) is 0 Å². The number of halogens is 3. The van der Waals surface area contributed by atoms with Crippen LogP contribution in [0.2, 0.25) is 5.02 Å². The largest absolute Gasteiger partial charge is 0.471 e. The highest BCUT2D eigenvalue weighted by Crippen LogP contribution is 2.21. The summed E-state index contributed by atoms with van der Waals surface area (Å²) >= 11 is 9.22. The van der Waals surface area contributed by atoms with Crippen molar-refractivity contribution in [1.29, 1.82) is 0 Å². The molecule has 0 bridgehead atoms. The number of nitrogens with one attached hydrogen (secondary N) is 1. The normalized spacial score (nSPS) is 10.9. The first-order chi connectivity index (χ1) is 13.8. The lowest BCUT2D eigenvalue weighted by Gasteiger charge is -2.07. The van der Waals surface area contributed by atoms with Crippen molar-refractivity contribution in [3.63, 3.8) is 0 Å². The number of carbonyl (C=O) groups is 1. The molecule has 0 atom stereocenters. The predicted octanol–water partition coefficient (Wildman–Crippen LogP) is 4.11. The van der Waals surface area contributed by atoms with Gasteiger partial charge in [-0.05, 0) is 54.4 Å². The molecule has 154 valence electrons. The molecule has 0 fully saturated rings. The van der Waals surface area contributed by atoms with Gasteiger partial charge >= 0.3 is 0 Å². The number of ether oxygens (including phenoxy) is 1. The highest BCUT2D eigenvalue weighted by atomic mass is 79.9. The average molecular weight is 485 g/mol. The van der Waals surface area contributed by atoms with Crippen LogP contribution in [0, 0.1) is 19.7 Å². The van der Waals surface area contributed by atoms with Crippen molar-refractivity contribution in [1.82, 2.24) is 24.9 Å². The Kier molecular flexibility index (Phi) is 6.92. The van der Waals surface area contributed by atoms with E-state index in [1.54, 1.807) is 12.3 Å². The summed E-state index contributed by atoms with van der Waals surface area (Å²) in [6.45, 7) is 5.23. The molecule has 3 aromatic rings. The summed E-state index contributed by atoms with van der Waals surface area (Å²) in [5, 5.41) is 11.4. The van der Waals surface area contributed by atoms with Gasteiger partial charge in [0.05, 0.1) is 15.2 Å². The van der Waals surface area contributed by atoms with Crippen LogP contribution in [0.5, 0.6) is 5.75 Å². The molecule has 0 unspecified atom stereocenters. The number of benzene rings is 1. The Morgan fingerprint density at radius 1 is 1.31 bits per heavy atom. The molecule has 29 heavy (non-hydrogen) atoms. The third-order valence-electron chi connectivity index (χ3n) is 4.25. The second-order valence-corrected chi connectivity index (χ2v) is 7.61. The van der Waals surface area contributed by atoms with Crippen LogP contribution in [-0.2, 0) is 13.3 Å². The smallest absolute Gasteiger partial charge is 0.271 e. The third kappa shape index (κ3) is 5.36. The van der Waals surface area contributed by atoms with Crippen molar-refractivity contribution in [3.8, 4) is 5.75 Å². The highest BCUT2D eigenvalue weighted by molar-refractivity contribution is 9.10. The second kappa shape index (κ2) is 9.41. The van der Waals surface area contributed by atoms with Gasteiger partial charge in [0.2, 0.25) is 0 Å². The molecule has 2 aromatic heterocycles. The van der Waals surface area contributed by atoms with Crippen molar-refractivity contribution in [3.05, 3.63) is 62.9 Å². The van der Waals surface area contributed by atoms with Crippen molar-refractivity contribution < 1.29 is 13.9 Å². The van der Waals surface area contributed by atoms with Crippen LogP contribution >= 0.6 is 27.5 Å². The molecule has 2 heterocycles. The van der Waals surface area contributed by atoms with Crippen LogP contribution in [0.1, 0.15) is 28.3 Å². The zero-order valence-electron chi connectivity index (χ0n) is 16.0. The maximum absolute atomic E-state index is 13.2. The Balaban J connectivity index is 1.45. The number of rotatable bonds is 8. The molecule has 0 aliphatic heterocycles. The molecule has 10 heteroatoms. The third-order valence-corrected chi connectivity index (χ3v) is 5.69. The van der Waals surface area contributed by atoms with E-state index in [0.717, 1.165) is 22.3 Å². The molecule has 0 spiro atoms. The molecule has 1 amide bonds. The first kappa shape index (κ1) is 21.3. The summed E-state index contributed by atoms with van der Waals surface area (Å²) in [6, 6.07) is 5.69. The highest BCUT2D eigenvalue weighted by Gasteiger charge is 2.11. The zero-order valence-corrected chi connectivity index (χ0v) is 18.3. The van der Waals surface area contributed by atoms with Gasteiger partial charge in [-0.2, -0.15) is 10.2 Å². The molecular weight excluding hydrogens is 465 g/mol. The van der Waals surface area contributed by atoms with Gasteiger partial charge in [-0.15, -0.1) is 0 Å². The van der Waals surface area contributed by atoms with Crippen molar-refractivity contribution in [2.24, 2.45) is 0 Å². The Morgan fingerprint density at radius 3 is 2.79 bits per heavy atom. The van der Waals surface area contributed by atoms with E-state index < -0.39 is 5.82 Å². The second-order valence-electron chi connectivity index (χ2n) is 6.41. The SMILES string of the molecule is Cc1nn(CCCNC(=O)c2ccn(COc3ccc(F)c(Cl)c3)n2)c(C)c1Br. The van der Waals surface area contributed by atoms with Crippen LogP contribution in [0.3, 0.4) is 0 Å². The van der Waals surface area contributed by atoms with E-state index in [-0.39, 0.29) is 17.7 Å². The predicted molar refractivity (Wildman–Crippen MR) is 111 cm³/mol. The first-order valence-corrected chi connectivity index (χ1v) is 10.1. The molecule has 0 aliphatic carbocycles. The molecule has 0 saturated carbocycles. The van der Waals surface area contributed by atoms with Crippen LogP contribution < -0.4 is 10.1 Å². The van der Waals surface area contributed by atoms with E-state index in [1.165, 1.54) is 22.9 Å². The number of hydrogen-bond donors (Lipinski definition) is 1. The quantitative estimate of drug-likeness (QED) is 0.488. The number of aryl methyl sites for hydroxylation is 2. The summed E-state index contributed by atoms with van der Waals surface area (Å²) in [5.74, 6) is -0.362. The zero-order chi connectivity index (χ0) is 21.0. The van der Waals surface area contributed by atoms with Gasteiger partial charge in [0.1, 0.15) is 17.3 Å². The number of hydrogen-bond acceptors (Lipinski definition) is 4. The van der Waals surface area contributed by atoms with E-state index in [4.69, 9.17) is 16.3 Å². The molecule has 0 aliphatic rings. The standard InChI is InChI=1S/C19H20BrClFN5O2/c1-12-18(20)13(2)27(24-12)8-3-7-23-19(28)17-6-9-26(25-17)11-29-14-4-5-16(22)15(21)10-14/h4-6,9-10H,3,7-8,11H2,1-2H3,(H,23,28). The minimum Gasteiger partial charge on any atom is -0.471 e. The number of aromatic nitrogens is 4. The number of amides is 1. The summed E-state index contributed by atoms with van der Waals surface area (Å²) < 4.78 is 23.1. The van der Waals surface area contributed by atoms with Gasteiger partial charge in [-0.3, -0.25) is 9.48 Å². The lowest BCUT2D eigenvalue weighted by Crippen LogP contribution is -2.26. The molecule has 7 nitrogen and oxygen atoms in total. The fraction of sp³-hybridized carbons (Fsp3) is 0.316. The summed E-state index contributed by atoms with van der Waals surface area (Å²) in [6.07, 6.45) is 2.38. The van der Waals surface area contributed by atoms with Crippen molar-refractivity contribution in [2.45, 2.75) is 33.5 Å². The van der Waals surface area contributed by atoms with Gasteiger partial charge in [0.15, 0.2) is 6.73 Å².